The minimum Gasteiger partial charge on any atom is -0.481 e. The molecule has 0 aliphatic heterocycles. The lowest BCUT2D eigenvalue weighted by atomic mass is 10.1. The molecule has 2 rings (SSSR count). The molecule has 7 heteroatoms. The van der Waals surface area contributed by atoms with E-state index in [1.807, 2.05) is 0 Å². The van der Waals surface area contributed by atoms with E-state index in [-0.39, 0.29) is 10.9 Å². The van der Waals surface area contributed by atoms with E-state index in [1.54, 1.807) is 31.2 Å². The summed E-state index contributed by atoms with van der Waals surface area (Å²) in [6.07, 6.45) is 2.32. The zero-order chi connectivity index (χ0) is 15.5. The molecule has 0 heterocycles. The summed E-state index contributed by atoms with van der Waals surface area (Å²) in [4.78, 5) is 10.9. The Bertz CT molecular complexity index is 594. The molecule has 0 amide bonds. The van der Waals surface area contributed by atoms with Crippen LogP contribution in [0, 0.1) is 5.92 Å². The van der Waals surface area contributed by atoms with Crippen LogP contribution in [0.4, 0.5) is 5.69 Å². The van der Waals surface area contributed by atoms with Crippen molar-refractivity contribution in [2.24, 2.45) is 5.92 Å². The summed E-state index contributed by atoms with van der Waals surface area (Å²) in [5.41, 5.74) is 0.776. The standard InChI is InChI=1S/C14H20N2O4S/c1-10(14(17)18)8-9-15-11-4-6-13(7-5-11)21(19,20)16-12-2-3-12/h4-7,10,12,15-16H,2-3,8-9H2,1H3,(H,17,18). The third kappa shape index (κ3) is 4.71. The summed E-state index contributed by atoms with van der Waals surface area (Å²) >= 11 is 0. The van der Waals surface area contributed by atoms with Crippen molar-refractivity contribution in [1.82, 2.24) is 4.72 Å². The Morgan fingerprint density at radius 1 is 1.33 bits per heavy atom. The highest BCUT2D eigenvalue weighted by Crippen LogP contribution is 2.22. The van der Waals surface area contributed by atoms with Gasteiger partial charge in [0.25, 0.3) is 0 Å². The van der Waals surface area contributed by atoms with Crippen molar-refractivity contribution in [3.05, 3.63) is 24.3 Å². The van der Waals surface area contributed by atoms with Crippen LogP contribution in [0.1, 0.15) is 26.2 Å². The molecule has 1 atom stereocenters. The quantitative estimate of drug-likeness (QED) is 0.678. The number of hydrogen-bond donors (Lipinski definition) is 3. The lowest BCUT2D eigenvalue weighted by Crippen LogP contribution is -2.25. The summed E-state index contributed by atoms with van der Waals surface area (Å²) in [5, 5.41) is 11.9. The molecule has 3 N–H and O–H groups in total. The van der Waals surface area contributed by atoms with Crippen LogP contribution in [0.15, 0.2) is 29.2 Å². The van der Waals surface area contributed by atoms with E-state index >= 15 is 0 Å². The van der Waals surface area contributed by atoms with Crippen molar-refractivity contribution >= 4 is 21.7 Å². The number of nitrogens with one attached hydrogen (secondary N) is 2. The second-order valence-electron chi connectivity index (χ2n) is 5.37. The average Bonchev–Trinajstić information content (AvgIpc) is 3.22. The van der Waals surface area contributed by atoms with Crippen molar-refractivity contribution in [2.45, 2.75) is 37.1 Å². The second-order valence-corrected chi connectivity index (χ2v) is 7.09. The van der Waals surface area contributed by atoms with E-state index in [1.165, 1.54) is 0 Å². The van der Waals surface area contributed by atoms with E-state index in [0.717, 1.165) is 18.5 Å². The normalized spacial score (nSPS) is 16.4. The Labute approximate surface area is 124 Å². The van der Waals surface area contributed by atoms with E-state index in [2.05, 4.69) is 10.0 Å². The van der Waals surface area contributed by atoms with E-state index < -0.39 is 21.9 Å². The van der Waals surface area contributed by atoms with Gasteiger partial charge in [-0.2, -0.15) is 0 Å². The SMILES string of the molecule is CC(CCNc1ccc(S(=O)(=O)NC2CC2)cc1)C(=O)O. The Hall–Kier alpha value is -1.60. The van der Waals surface area contributed by atoms with Gasteiger partial charge < -0.3 is 10.4 Å². The van der Waals surface area contributed by atoms with Gasteiger partial charge in [0, 0.05) is 18.3 Å². The lowest BCUT2D eigenvalue weighted by Gasteiger charge is -2.10. The summed E-state index contributed by atoms with van der Waals surface area (Å²) in [6, 6.07) is 6.56. The largest absolute Gasteiger partial charge is 0.481 e. The third-order valence-electron chi connectivity index (χ3n) is 3.39. The van der Waals surface area contributed by atoms with Crippen molar-refractivity contribution in [1.29, 1.82) is 0 Å². The molecular weight excluding hydrogens is 292 g/mol. The maximum Gasteiger partial charge on any atom is 0.306 e. The summed E-state index contributed by atoms with van der Waals surface area (Å²) in [5.74, 6) is -1.22. The minimum atomic E-state index is -3.41. The van der Waals surface area contributed by atoms with E-state index in [9.17, 15) is 13.2 Å². The van der Waals surface area contributed by atoms with Gasteiger partial charge in [0.2, 0.25) is 10.0 Å². The number of sulfonamides is 1. The van der Waals surface area contributed by atoms with Crippen LogP contribution in [0.2, 0.25) is 0 Å². The molecule has 1 fully saturated rings. The van der Waals surface area contributed by atoms with Crippen LogP contribution in [-0.2, 0) is 14.8 Å². The Morgan fingerprint density at radius 3 is 2.48 bits per heavy atom. The molecule has 1 aromatic carbocycles. The molecule has 0 bridgehead atoms. The molecule has 1 unspecified atom stereocenters. The first-order valence-electron chi connectivity index (χ1n) is 6.97. The first-order valence-corrected chi connectivity index (χ1v) is 8.46. The van der Waals surface area contributed by atoms with Crippen molar-refractivity contribution in [3.63, 3.8) is 0 Å². The van der Waals surface area contributed by atoms with E-state index in [0.29, 0.717) is 13.0 Å². The number of anilines is 1. The van der Waals surface area contributed by atoms with Crippen LogP contribution >= 0.6 is 0 Å². The zero-order valence-electron chi connectivity index (χ0n) is 11.9. The van der Waals surface area contributed by atoms with Crippen molar-refractivity contribution in [3.8, 4) is 0 Å². The first kappa shape index (κ1) is 15.8. The number of carboxylic acids is 1. The molecule has 21 heavy (non-hydrogen) atoms. The maximum atomic E-state index is 12.0. The van der Waals surface area contributed by atoms with Gasteiger partial charge in [0.15, 0.2) is 0 Å². The van der Waals surface area contributed by atoms with Crippen LogP contribution < -0.4 is 10.0 Å². The predicted molar refractivity (Wildman–Crippen MR) is 79.7 cm³/mol. The molecule has 1 aliphatic carbocycles. The number of hydrogen-bond acceptors (Lipinski definition) is 4. The van der Waals surface area contributed by atoms with Gasteiger partial charge in [-0.25, -0.2) is 13.1 Å². The van der Waals surface area contributed by atoms with Gasteiger partial charge in [-0.3, -0.25) is 4.79 Å². The van der Waals surface area contributed by atoms with Crippen LogP contribution in [0.25, 0.3) is 0 Å². The molecular formula is C14H20N2O4S. The lowest BCUT2D eigenvalue weighted by molar-refractivity contribution is -0.141. The average molecular weight is 312 g/mol. The smallest absolute Gasteiger partial charge is 0.306 e. The van der Waals surface area contributed by atoms with Gasteiger partial charge >= 0.3 is 5.97 Å². The fraction of sp³-hybridized carbons (Fsp3) is 0.500. The topological polar surface area (TPSA) is 95.5 Å². The molecule has 0 spiro atoms. The molecule has 1 saturated carbocycles. The monoisotopic (exact) mass is 312 g/mol. The fourth-order valence-electron chi connectivity index (χ4n) is 1.80. The highest BCUT2D eigenvalue weighted by atomic mass is 32.2. The molecule has 116 valence electrons. The summed E-state index contributed by atoms with van der Waals surface area (Å²) < 4.78 is 26.6. The number of rotatable bonds is 8. The second kappa shape index (κ2) is 6.44. The highest BCUT2D eigenvalue weighted by Gasteiger charge is 2.27. The predicted octanol–water partition coefficient (Wildman–Crippen LogP) is 1.65. The Balaban J connectivity index is 1.88. The van der Waals surface area contributed by atoms with Gasteiger partial charge in [-0.1, -0.05) is 6.92 Å². The molecule has 6 nitrogen and oxygen atoms in total. The number of benzene rings is 1. The van der Waals surface area contributed by atoms with Crippen LogP contribution in [0.3, 0.4) is 0 Å². The number of carbonyl (C=O) groups is 1. The molecule has 0 saturated heterocycles. The molecule has 0 aromatic heterocycles. The van der Waals surface area contributed by atoms with Gasteiger partial charge in [0.05, 0.1) is 10.8 Å². The molecule has 1 aliphatic rings. The van der Waals surface area contributed by atoms with Crippen LogP contribution in [0.5, 0.6) is 0 Å². The first-order chi connectivity index (χ1) is 9.88. The summed E-state index contributed by atoms with van der Waals surface area (Å²) in [6.45, 7) is 2.18. The maximum absolute atomic E-state index is 12.0. The Kier molecular flexibility index (Phi) is 4.84. The van der Waals surface area contributed by atoms with Gasteiger partial charge in [-0.15, -0.1) is 0 Å². The summed E-state index contributed by atoms with van der Waals surface area (Å²) in [7, 11) is -3.41. The van der Waals surface area contributed by atoms with Gasteiger partial charge in [-0.05, 0) is 43.5 Å². The molecule has 1 aromatic rings. The van der Waals surface area contributed by atoms with Crippen LogP contribution in [-0.4, -0.2) is 32.1 Å². The number of aliphatic carboxylic acids is 1. The molecule has 0 radical (unpaired) electrons. The fourth-order valence-corrected chi connectivity index (χ4v) is 3.10. The highest BCUT2D eigenvalue weighted by molar-refractivity contribution is 7.89. The van der Waals surface area contributed by atoms with E-state index in [4.69, 9.17) is 5.11 Å². The number of carboxylic acid groups (broad SMARTS) is 1. The van der Waals surface area contributed by atoms with Crippen molar-refractivity contribution in [2.75, 3.05) is 11.9 Å². The van der Waals surface area contributed by atoms with Crippen molar-refractivity contribution < 1.29 is 18.3 Å². The zero-order valence-corrected chi connectivity index (χ0v) is 12.7. The third-order valence-corrected chi connectivity index (χ3v) is 4.93. The van der Waals surface area contributed by atoms with Gasteiger partial charge in [0.1, 0.15) is 0 Å². The minimum absolute atomic E-state index is 0.0882. The Morgan fingerprint density at radius 2 is 1.95 bits per heavy atom.